The number of methoxy groups -OCH3 is 1. The molecule has 0 aliphatic carbocycles. The summed E-state index contributed by atoms with van der Waals surface area (Å²) in [7, 11) is -4.64. The van der Waals surface area contributed by atoms with Crippen LogP contribution in [0, 0.1) is 0 Å². The fraction of sp³-hybridized carbons (Fsp3) is 0.387. The zero-order valence-electron chi connectivity index (χ0n) is 24.9. The van der Waals surface area contributed by atoms with E-state index in [1.807, 2.05) is 0 Å². The van der Waals surface area contributed by atoms with Crippen molar-refractivity contribution in [1.82, 2.24) is 0 Å². The summed E-state index contributed by atoms with van der Waals surface area (Å²) in [5.74, 6) is -0.623. The van der Waals surface area contributed by atoms with Gasteiger partial charge in [0.1, 0.15) is 5.75 Å². The molecule has 0 atom stereocenters. The fourth-order valence-electron chi connectivity index (χ4n) is 3.94. The molecule has 3 aromatic carbocycles. The van der Waals surface area contributed by atoms with E-state index in [-0.39, 0.29) is 16.5 Å². The average Bonchev–Trinajstić information content (AvgIpc) is 2.91. The van der Waals surface area contributed by atoms with Crippen molar-refractivity contribution in [1.29, 1.82) is 0 Å². The van der Waals surface area contributed by atoms with Gasteiger partial charge in [-0.3, -0.25) is 0 Å². The largest absolute Gasteiger partial charge is 0.534 e. The minimum absolute atomic E-state index is 0.0733. The molecule has 0 spiro atoms. The molecule has 42 heavy (non-hydrogen) atoms. The first kappa shape index (κ1) is 35.5. The van der Waals surface area contributed by atoms with Crippen LogP contribution < -0.4 is 4.18 Å². The molecule has 0 saturated carbocycles. The van der Waals surface area contributed by atoms with Crippen molar-refractivity contribution in [2.24, 2.45) is 0 Å². The highest BCUT2D eigenvalue weighted by Crippen LogP contribution is 2.37. The molecule has 0 aliphatic heterocycles. The first-order chi connectivity index (χ1) is 19.2. The summed E-state index contributed by atoms with van der Waals surface area (Å²) in [4.78, 5) is 12.8. The summed E-state index contributed by atoms with van der Waals surface area (Å²) in [5.41, 5.74) is -0.871. The van der Waals surface area contributed by atoms with Gasteiger partial charge >= 0.3 is 21.6 Å². The SMILES string of the molecule is COC(=O)c1ccc(OS(=O)(=O)C(F)(F)F)c(C(C)(C)C)c1.CSc1cccc(-c2ccc(CCl)cc2C(C)(C)C)c1. The van der Waals surface area contributed by atoms with Gasteiger partial charge in [-0.25, -0.2) is 4.79 Å². The Kier molecular flexibility index (Phi) is 11.6. The number of benzene rings is 3. The molecule has 0 N–H and O–H groups in total. The Hall–Kier alpha value is -2.69. The molecule has 0 bridgehead atoms. The Balaban J connectivity index is 0.000000294. The molecule has 0 heterocycles. The minimum Gasteiger partial charge on any atom is -0.465 e. The normalized spacial score (nSPS) is 12.3. The number of rotatable bonds is 6. The van der Waals surface area contributed by atoms with Gasteiger partial charge in [0.15, 0.2) is 0 Å². The average molecular weight is 645 g/mol. The quantitative estimate of drug-likeness (QED) is 0.0876. The van der Waals surface area contributed by atoms with Crippen LogP contribution in [0.15, 0.2) is 65.6 Å². The molecule has 0 fully saturated rings. The number of halogens is 4. The number of alkyl halides is 4. The van der Waals surface area contributed by atoms with Crippen molar-refractivity contribution in [3.8, 4) is 16.9 Å². The van der Waals surface area contributed by atoms with Crippen LogP contribution in [0.4, 0.5) is 13.2 Å². The molecule has 0 aromatic heterocycles. The summed E-state index contributed by atoms with van der Waals surface area (Å²) < 4.78 is 68.2. The van der Waals surface area contributed by atoms with Crippen LogP contribution in [0.1, 0.15) is 68.6 Å². The Bertz CT molecular complexity index is 1510. The van der Waals surface area contributed by atoms with Crippen LogP contribution in [0.25, 0.3) is 11.1 Å². The minimum atomic E-state index is -5.79. The lowest BCUT2D eigenvalue weighted by Gasteiger charge is -2.24. The maximum atomic E-state index is 12.4. The fourth-order valence-corrected chi connectivity index (χ4v) is 5.04. The van der Waals surface area contributed by atoms with Crippen molar-refractivity contribution in [2.75, 3.05) is 13.4 Å². The summed E-state index contributed by atoms with van der Waals surface area (Å²) in [6, 6.07) is 18.7. The van der Waals surface area contributed by atoms with Crippen molar-refractivity contribution >= 4 is 39.5 Å². The number of hydrogen-bond donors (Lipinski definition) is 0. The van der Waals surface area contributed by atoms with E-state index >= 15 is 0 Å². The highest BCUT2D eigenvalue weighted by Gasteiger charge is 2.49. The monoisotopic (exact) mass is 644 g/mol. The predicted octanol–water partition coefficient (Wildman–Crippen LogP) is 9.11. The summed E-state index contributed by atoms with van der Waals surface area (Å²) in [6.07, 6.45) is 2.11. The predicted molar refractivity (Wildman–Crippen MR) is 164 cm³/mol. The molecule has 11 heteroatoms. The van der Waals surface area contributed by atoms with Crippen molar-refractivity contribution < 1.29 is 35.3 Å². The topological polar surface area (TPSA) is 69.7 Å². The van der Waals surface area contributed by atoms with Crippen LogP contribution in [-0.2, 0) is 31.6 Å². The van der Waals surface area contributed by atoms with Gasteiger partial charge in [-0.1, -0.05) is 71.9 Å². The van der Waals surface area contributed by atoms with Gasteiger partial charge in [0.05, 0.1) is 12.7 Å². The Morgan fingerprint density at radius 1 is 0.881 bits per heavy atom. The Morgan fingerprint density at radius 3 is 2.00 bits per heavy atom. The lowest BCUT2D eigenvalue weighted by atomic mass is 9.81. The second-order valence-corrected chi connectivity index (χ2v) is 14.1. The lowest BCUT2D eigenvalue weighted by molar-refractivity contribution is -0.0500. The number of carbonyl (C=O) groups is 1. The first-order valence-electron chi connectivity index (χ1n) is 12.8. The third-order valence-electron chi connectivity index (χ3n) is 6.12. The van der Waals surface area contributed by atoms with Gasteiger partial charge in [-0.05, 0) is 69.7 Å². The third kappa shape index (κ3) is 9.15. The number of ether oxygens (including phenoxy) is 1. The van der Waals surface area contributed by atoms with Crippen molar-refractivity contribution in [3.63, 3.8) is 0 Å². The maximum absolute atomic E-state index is 12.4. The van der Waals surface area contributed by atoms with Crippen molar-refractivity contribution in [2.45, 2.75) is 68.7 Å². The van der Waals surface area contributed by atoms with Crippen LogP contribution in [0.2, 0.25) is 0 Å². The molecule has 0 aliphatic rings. The van der Waals surface area contributed by atoms with Crippen LogP contribution in [-0.4, -0.2) is 33.3 Å². The van der Waals surface area contributed by atoms with Crippen LogP contribution in [0.5, 0.6) is 5.75 Å². The molecule has 0 saturated heterocycles. The second-order valence-electron chi connectivity index (χ2n) is 11.4. The molecule has 0 radical (unpaired) electrons. The van der Waals surface area contributed by atoms with E-state index in [9.17, 15) is 26.4 Å². The molecule has 0 unspecified atom stereocenters. The summed E-state index contributed by atoms with van der Waals surface area (Å²) >= 11 is 7.77. The van der Waals surface area contributed by atoms with Gasteiger partial charge in [-0.2, -0.15) is 21.6 Å². The molecule has 230 valence electrons. The van der Waals surface area contributed by atoms with E-state index in [4.69, 9.17) is 11.6 Å². The van der Waals surface area contributed by atoms with Crippen LogP contribution >= 0.6 is 23.4 Å². The second kappa shape index (κ2) is 13.7. The molecule has 3 rings (SSSR count). The first-order valence-corrected chi connectivity index (χ1v) is 16.0. The molecule has 3 aromatic rings. The van der Waals surface area contributed by atoms with Gasteiger partial charge in [0.25, 0.3) is 0 Å². The molecule has 0 amide bonds. The highest BCUT2D eigenvalue weighted by molar-refractivity contribution is 7.98. The standard InChI is InChI=1S/C18H21ClS.C13H15F3O5S/c1-18(2,3)17-10-13(12-19)8-9-16(17)14-6-5-7-15(11-14)20-4;1-12(2,3)9-7-8(11(17)20-4)5-6-10(9)21-22(18,19)13(14,15)16/h5-11H,12H2,1-4H3;5-7H,1-4H3. The van der Waals surface area contributed by atoms with Gasteiger partial charge in [0.2, 0.25) is 0 Å². The van der Waals surface area contributed by atoms with Gasteiger partial charge in [-0.15, -0.1) is 23.4 Å². The highest BCUT2D eigenvalue weighted by atomic mass is 35.5. The van der Waals surface area contributed by atoms with Crippen LogP contribution in [0.3, 0.4) is 0 Å². The molecule has 5 nitrogen and oxygen atoms in total. The van der Waals surface area contributed by atoms with Gasteiger partial charge < -0.3 is 8.92 Å². The van der Waals surface area contributed by atoms with Crippen molar-refractivity contribution in [3.05, 3.63) is 82.9 Å². The number of hydrogen-bond acceptors (Lipinski definition) is 6. The zero-order valence-corrected chi connectivity index (χ0v) is 27.2. The Morgan fingerprint density at radius 2 is 1.50 bits per heavy atom. The Labute approximate surface area is 255 Å². The van der Waals surface area contributed by atoms with Gasteiger partial charge in [0, 0.05) is 16.3 Å². The number of esters is 1. The van der Waals surface area contributed by atoms with E-state index in [0.717, 1.165) is 19.2 Å². The van der Waals surface area contributed by atoms with E-state index in [1.54, 1.807) is 32.5 Å². The summed E-state index contributed by atoms with van der Waals surface area (Å²) in [6.45, 7) is 11.7. The van der Waals surface area contributed by atoms with E-state index in [2.05, 4.69) is 78.4 Å². The number of carbonyl (C=O) groups excluding carboxylic acids is 1. The smallest absolute Gasteiger partial charge is 0.465 e. The zero-order chi connectivity index (χ0) is 32.1. The van der Waals surface area contributed by atoms with E-state index < -0.39 is 32.8 Å². The molecular weight excluding hydrogens is 609 g/mol. The van der Waals surface area contributed by atoms with E-state index in [1.165, 1.54) is 33.2 Å². The molecular formula is C31H36ClF3O5S2. The summed E-state index contributed by atoms with van der Waals surface area (Å²) in [5, 5.41) is 0. The maximum Gasteiger partial charge on any atom is 0.534 e. The lowest BCUT2D eigenvalue weighted by Crippen LogP contribution is -2.29. The number of thioether (sulfide) groups is 1. The third-order valence-corrected chi connectivity index (χ3v) is 8.12. The van der Waals surface area contributed by atoms with E-state index in [0.29, 0.717) is 5.88 Å².